The molecule has 2 N–H and O–H groups in total. The van der Waals surface area contributed by atoms with E-state index in [1.807, 2.05) is 12.1 Å². The van der Waals surface area contributed by atoms with Gasteiger partial charge in [0.2, 0.25) is 12.1 Å². The third-order valence-electron chi connectivity index (χ3n) is 3.62. The summed E-state index contributed by atoms with van der Waals surface area (Å²) in [6.45, 7) is 0. The van der Waals surface area contributed by atoms with Crippen molar-refractivity contribution in [3.8, 4) is 16.9 Å². The second-order valence-corrected chi connectivity index (χ2v) is 5.32. The lowest BCUT2D eigenvalue weighted by molar-refractivity contribution is -0.145. The van der Waals surface area contributed by atoms with Crippen molar-refractivity contribution in [3.05, 3.63) is 72.6 Å². The number of carboxylic acid groups (broad SMARTS) is 1. The van der Waals surface area contributed by atoms with E-state index < -0.39 is 12.1 Å². The molecule has 0 amide bonds. The fourth-order valence-corrected chi connectivity index (χ4v) is 2.38. The van der Waals surface area contributed by atoms with Gasteiger partial charge in [0.1, 0.15) is 5.75 Å². The van der Waals surface area contributed by atoms with Crippen molar-refractivity contribution in [1.29, 1.82) is 0 Å². The first kappa shape index (κ1) is 16.4. The molecule has 1 atom stereocenters. The molecule has 6 heteroatoms. The van der Waals surface area contributed by atoms with Gasteiger partial charge in [0.15, 0.2) is 0 Å². The van der Waals surface area contributed by atoms with Gasteiger partial charge in [-0.1, -0.05) is 42.5 Å². The number of anilines is 1. The fourth-order valence-electron chi connectivity index (χ4n) is 2.38. The maximum Gasteiger partial charge on any atom is 0.349 e. The number of rotatable bonds is 6. The van der Waals surface area contributed by atoms with Gasteiger partial charge in [-0.05, 0) is 17.7 Å². The number of aromatic nitrogens is 2. The first-order valence-corrected chi connectivity index (χ1v) is 7.72. The Labute approximate surface area is 145 Å². The van der Waals surface area contributed by atoms with Gasteiger partial charge in [-0.25, -0.2) is 14.8 Å². The summed E-state index contributed by atoms with van der Waals surface area (Å²) >= 11 is 0. The normalized spacial score (nSPS) is 11.6. The third kappa shape index (κ3) is 3.92. The fraction of sp³-hybridized carbons (Fsp3) is 0.105. The highest BCUT2D eigenvalue weighted by molar-refractivity contribution is 5.75. The van der Waals surface area contributed by atoms with Crippen LogP contribution in [0.5, 0.6) is 5.75 Å². The number of aliphatic carboxylic acids is 1. The van der Waals surface area contributed by atoms with Gasteiger partial charge >= 0.3 is 5.97 Å². The summed E-state index contributed by atoms with van der Waals surface area (Å²) in [7, 11) is 1.75. The monoisotopic (exact) mass is 335 g/mol. The van der Waals surface area contributed by atoms with E-state index in [0.29, 0.717) is 17.3 Å². The molecule has 0 spiro atoms. The highest BCUT2D eigenvalue weighted by Gasteiger charge is 2.21. The van der Waals surface area contributed by atoms with E-state index in [-0.39, 0.29) is 0 Å². The zero-order valence-electron chi connectivity index (χ0n) is 13.6. The van der Waals surface area contributed by atoms with Crippen LogP contribution in [-0.4, -0.2) is 28.1 Å². The molecule has 0 aliphatic rings. The molecule has 0 bridgehead atoms. The van der Waals surface area contributed by atoms with Crippen LogP contribution in [0, 0.1) is 0 Å². The minimum absolute atomic E-state index is 0.464. The maximum absolute atomic E-state index is 11.6. The topological polar surface area (TPSA) is 84.3 Å². The summed E-state index contributed by atoms with van der Waals surface area (Å²) in [4.78, 5) is 19.9. The number of benzene rings is 2. The van der Waals surface area contributed by atoms with Crippen molar-refractivity contribution in [3.63, 3.8) is 0 Å². The van der Waals surface area contributed by atoms with E-state index in [4.69, 9.17) is 4.74 Å². The largest absolute Gasteiger partial charge is 0.478 e. The van der Waals surface area contributed by atoms with E-state index in [2.05, 4.69) is 15.3 Å². The predicted octanol–water partition coefficient (Wildman–Crippen LogP) is 3.39. The molecule has 0 radical (unpaired) electrons. The van der Waals surface area contributed by atoms with E-state index in [1.165, 1.54) is 0 Å². The minimum Gasteiger partial charge on any atom is -0.478 e. The van der Waals surface area contributed by atoms with E-state index >= 15 is 0 Å². The van der Waals surface area contributed by atoms with Crippen LogP contribution >= 0.6 is 0 Å². The van der Waals surface area contributed by atoms with Gasteiger partial charge in [0, 0.05) is 30.6 Å². The number of nitrogens with one attached hydrogen (secondary N) is 1. The summed E-state index contributed by atoms with van der Waals surface area (Å²) in [5.41, 5.74) is 2.25. The highest BCUT2D eigenvalue weighted by atomic mass is 16.5. The van der Waals surface area contributed by atoms with Crippen LogP contribution in [0.1, 0.15) is 11.7 Å². The van der Waals surface area contributed by atoms with E-state index in [1.54, 1.807) is 61.9 Å². The molecule has 6 nitrogen and oxygen atoms in total. The summed E-state index contributed by atoms with van der Waals surface area (Å²) in [6.07, 6.45) is 2.33. The van der Waals surface area contributed by atoms with Gasteiger partial charge < -0.3 is 15.2 Å². The lowest BCUT2D eigenvalue weighted by Crippen LogP contribution is -2.18. The summed E-state index contributed by atoms with van der Waals surface area (Å²) in [5, 5.41) is 12.3. The lowest BCUT2D eigenvalue weighted by atomic mass is 10.1. The second-order valence-electron chi connectivity index (χ2n) is 5.32. The van der Waals surface area contributed by atoms with Crippen molar-refractivity contribution >= 4 is 11.9 Å². The van der Waals surface area contributed by atoms with Crippen LogP contribution in [0.3, 0.4) is 0 Å². The molecule has 126 valence electrons. The van der Waals surface area contributed by atoms with Crippen LogP contribution in [0.15, 0.2) is 67.0 Å². The molecule has 1 unspecified atom stereocenters. The molecule has 1 heterocycles. The Kier molecular flexibility index (Phi) is 4.89. The van der Waals surface area contributed by atoms with Gasteiger partial charge in [-0.15, -0.1) is 0 Å². The minimum atomic E-state index is -1.07. The Balaban J connectivity index is 1.86. The van der Waals surface area contributed by atoms with E-state index in [9.17, 15) is 9.90 Å². The second kappa shape index (κ2) is 7.44. The molecular formula is C19H17N3O3. The molecule has 1 aromatic heterocycles. The lowest BCUT2D eigenvalue weighted by Gasteiger charge is -2.16. The van der Waals surface area contributed by atoms with Crippen LogP contribution in [0.2, 0.25) is 0 Å². The Morgan fingerprint density at radius 1 is 1.04 bits per heavy atom. The Bertz CT molecular complexity index is 851. The average molecular weight is 335 g/mol. The zero-order valence-corrected chi connectivity index (χ0v) is 13.6. The average Bonchev–Trinajstić information content (AvgIpc) is 2.67. The van der Waals surface area contributed by atoms with Crippen LogP contribution in [0.4, 0.5) is 5.95 Å². The smallest absolute Gasteiger partial charge is 0.349 e. The number of hydrogen-bond acceptors (Lipinski definition) is 5. The number of ether oxygens (including phenoxy) is 1. The number of hydrogen-bond donors (Lipinski definition) is 2. The van der Waals surface area contributed by atoms with Crippen molar-refractivity contribution in [1.82, 2.24) is 9.97 Å². The molecule has 3 aromatic rings. The first-order chi connectivity index (χ1) is 12.2. The summed E-state index contributed by atoms with van der Waals surface area (Å²) in [5.74, 6) is -0.0454. The quantitative estimate of drug-likeness (QED) is 0.718. The third-order valence-corrected chi connectivity index (χ3v) is 3.62. The molecule has 3 rings (SSSR count). The standard InChI is InChI=1S/C19H17N3O3/c1-20-19-21-11-15(12-22-19)14-8-5-9-16(10-14)25-17(18(23)24)13-6-3-2-4-7-13/h2-12,17H,1H3,(H,23,24)(H,20,21,22). The van der Waals surface area contributed by atoms with Crippen LogP contribution < -0.4 is 10.1 Å². The number of nitrogens with zero attached hydrogens (tertiary/aromatic N) is 2. The van der Waals surface area contributed by atoms with Gasteiger partial charge in [0.25, 0.3) is 0 Å². The summed E-state index contributed by atoms with van der Waals surface area (Å²) < 4.78 is 5.72. The molecule has 0 saturated carbocycles. The van der Waals surface area contributed by atoms with E-state index in [0.717, 1.165) is 11.1 Å². The molecule has 2 aromatic carbocycles. The van der Waals surface area contributed by atoms with Gasteiger partial charge in [-0.2, -0.15) is 0 Å². The molecule has 0 aliphatic carbocycles. The predicted molar refractivity (Wildman–Crippen MR) is 94.5 cm³/mol. The first-order valence-electron chi connectivity index (χ1n) is 7.72. The van der Waals surface area contributed by atoms with Crippen molar-refractivity contribution < 1.29 is 14.6 Å². The van der Waals surface area contributed by atoms with Crippen molar-refractivity contribution in [2.45, 2.75) is 6.10 Å². The molecule has 0 saturated heterocycles. The number of carbonyl (C=O) groups is 1. The molecule has 0 fully saturated rings. The zero-order chi connectivity index (χ0) is 17.6. The highest BCUT2D eigenvalue weighted by Crippen LogP contribution is 2.27. The van der Waals surface area contributed by atoms with Gasteiger partial charge in [-0.3, -0.25) is 0 Å². The van der Waals surface area contributed by atoms with Crippen molar-refractivity contribution in [2.75, 3.05) is 12.4 Å². The number of carboxylic acids is 1. The van der Waals surface area contributed by atoms with Crippen LogP contribution in [0.25, 0.3) is 11.1 Å². The Morgan fingerprint density at radius 2 is 1.76 bits per heavy atom. The Morgan fingerprint density at radius 3 is 2.40 bits per heavy atom. The molecular weight excluding hydrogens is 318 g/mol. The van der Waals surface area contributed by atoms with Crippen molar-refractivity contribution in [2.24, 2.45) is 0 Å². The SMILES string of the molecule is CNc1ncc(-c2cccc(OC(C(=O)O)c3ccccc3)c2)cn1. The molecule has 25 heavy (non-hydrogen) atoms. The maximum atomic E-state index is 11.6. The molecule has 0 aliphatic heterocycles. The Hall–Kier alpha value is -3.41. The summed E-state index contributed by atoms with van der Waals surface area (Å²) in [6, 6.07) is 16.1. The van der Waals surface area contributed by atoms with Crippen LogP contribution in [-0.2, 0) is 4.79 Å². The van der Waals surface area contributed by atoms with Gasteiger partial charge in [0.05, 0.1) is 0 Å².